The highest BCUT2D eigenvalue weighted by molar-refractivity contribution is 5.91. The number of ether oxygens (including phenoxy) is 4. The number of carbonyl (C=O) groups is 1. The smallest absolute Gasteiger partial charge is 0.343 e. The van der Waals surface area contributed by atoms with Crippen LogP contribution in [0.15, 0.2) is 78.2 Å². The lowest BCUT2D eigenvalue weighted by Crippen LogP contribution is -2.21. The van der Waals surface area contributed by atoms with Crippen molar-refractivity contribution in [2.75, 3.05) is 13.7 Å². The molecule has 0 saturated heterocycles. The summed E-state index contributed by atoms with van der Waals surface area (Å²) in [5.74, 6) is 1.12. The monoisotopic (exact) mass is 484 g/mol. The van der Waals surface area contributed by atoms with Gasteiger partial charge < -0.3 is 24.7 Å². The van der Waals surface area contributed by atoms with Gasteiger partial charge in [0.2, 0.25) is 5.88 Å². The number of rotatable bonds is 9. The van der Waals surface area contributed by atoms with Gasteiger partial charge in [0.15, 0.2) is 0 Å². The second-order valence-corrected chi connectivity index (χ2v) is 8.37. The quantitative estimate of drug-likeness (QED) is 0.236. The molecule has 0 radical (unpaired) electrons. The van der Waals surface area contributed by atoms with Crippen LogP contribution in [0.2, 0.25) is 0 Å². The number of esters is 1. The minimum atomic E-state index is -0.531. The fourth-order valence-electron chi connectivity index (χ4n) is 4.06. The third-order valence-electron chi connectivity index (χ3n) is 5.94. The zero-order valence-corrected chi connectivity index (χ0v) is 20.3. The van der Waals surface area contributed by atoms with Crippen LogP contribution in [0.5, 0.6) is 23.0 Å². The summed E-state index contributed by atoms with van der Waals surface area (Å²) >= 11 is 0. The largest absolute Gasteiger partial charge is 0.497 e. The molecule has 4 rings (SSSR count). The highest BCUT2D eigenvalue weighted by atomic mass is 16.5. The summed E-state index contributed by atoms with van der Waals surface area (Å²) in [5, 5.41) is 9.81. The standard InChI is InChI=1S/C29H28N2O5/c1-3-4-5-15-34-21-11-9-19(10-12-21)27-24-14-13-23(17-26(24)36-28(31)25(27)18-30)35-29(32)20-7-6-8-22(16-20)33-2/h6-14,16-17,27H,3-5,15,31H2,1-2H3. The third-order valence-corrected chi connectivity index (χ3v) is 5.94. The molecule has 1 aliphatic rings. The van der Waals surface area contributed by atoms with Crippen molar-refractivity contribution < 1.29 is 23.7 Å². The number of unbranched alkanes of at least 4 members (excludes halogenated alkanes) is 2. The van der Waals surface area contributed by atoms with Gasteiger partial charge >= 0.3 is 5.97 Å². The van der Waals surface area contributed by atoms with E-state index in [2.05, 4.69) is 13.0 Å². The molecule has 7 nitrogen and oxygen atoms in total. The molecule has 0 aliphatic carbocycles. The number of nitrogens with two attached hydrogens (primary N) is 1. The Kier molecular flexibility index (Phi) is 7.76. The van der Waals surface area contributed by atoms with Crippen molar-refractivity contribution in [3.63, 3.8) is 0 Å². The summed E-state index contributed by atoms with van der Waals surface area (Å²) in [6, 6.07) is 21.6. The van der Waals surface area contributed by atoms with Gasteiger partial charge in [-0.05, 0) is 48.4 Å². The molecule has 1 atom stereocenters. The first-order valence-electron chi connectivity index (χ1n) is 11.8. The number of nitrogens with zero attached hydrogens (tertiary/aromatic N) is 1. The lowest BCUT2D eigenvalue weighted by Gasteiger charge is -2.26. The van der Waals surface area contributed by atoms with Crippen LogP contribution in [0.4, 0.5) is 0 Å². The zero-order chi connectivity index (χ0) is 25.5. The average molecular weight is 485 g/mol. The van der Waals surface area contributed by atoms with Crippen molar-refractivity contribution in [2.45, 2.75) is 32.1 Å². The van der Waals surface area contributed by atoms with E-state index in [1.165, 1.54) is 7.11 Å². The van der Waals surface area contributed by atoms with Crippen molar-refractivity contribution in [3.05, 3.63) is 94.9 Å². The molecule has 3 aromatic rings. The Labute approximate surface area is 210 Å². The number of carbonyl (C=O) groups excluding carboxylic acids is 1. The van der Waals surface area contributed by atoms with E-state index in [-0.39, 0.29) is 5.88 Å². The Hall–Kier alpha value is -4.44. The van der Waals surface area contributed by atoms with Gasteiger partial charge in [-0.15, -0.1) is 0 Å². The summed E-state index contributed by atoms with van der Waals surface area (Å²) < 4.78 is 22.3. The minimum absolute atomic E-state index is 0.0196. The Bertz CT molecular complexity index is 1310. The van der Waals surface area contributed by atoms with Crippen LogP contribution in [-0.4, -0.2) is 19.7 Å². The van der Waals surface area contributed by atoms with Crippen LogP contribution in [0.25, 0.3) is 0 Å². The van der Waals surface area contributed by atoms with Gasteiger partial charge in [0, 0.05) is 11.6 Å². The Morgan fingerprint density at radius 3 is 2.53 bits per heavy atom. The predicted octanol–water partition coefficient (Wildman–Crippen LogP) is 5.70. The normalized spacial score (nSPS) is 14.3. The van der Waals surface area contributed by atoms with Gasteiger partial charge in [-0.25, -0.2) is 4.79 Å². The van der Waals surface area contributed by atoms with E-state index in [0.29, 0.717) is 35.0 Å². The molecule has 0 bridgehead atoms. The fraction of sp³-hybridized carbons (Fsp3) is 0.241. The van der Waals surface area contributed by atoms with Gasteiger partial charge in [0.1, 0.15) is 34.6 Å². The van der Waals surface area contributed by atoms with Gasteiger partial charge in [-0.1, -0.05) is 44.0 Å². The van der Waals surface area contributed by atoms with E-state index in [1.807, 2.05) is 24.3 Å². The maximum absolute atomic E-state index is 12.6. The van der Waals surface area contributed by atoms with Crippen molar-refractivity contribution in [3.8, 4) is 29.1 Å². The Morgan fingerprint density at radius 1 is 1.03 bits per heavy atom. The highest BCUT2D eigenvalue weighted by Gasteiger charge is 2.31. The molecule has 0 amide bonds. The highest BCUT2D eigenvalue weighted by Crippen LogP contribution is 2.43. The first kappa shape index (κ1) is 24.7. The number of fused-ring (bicyclic) bond motifs is 1. The van der Waals surface area contributed by atoms with E-state index in [1.54, 1.807) is 42.5 Å². The van der Waals surface area contributed by atoms with Crippen LogP contribution in [-0.2, 0) is 0 Å². The molecule has 184 valence electrons. The van der Waals surface area contributed by atoms with E-state index in [4.69, 9.17) is 24.7 Å². The van der Waals surface area contributed by atoms with Gasteiger partial charge in [-0.2, -0.15) is 5.26 Å². The van der Waals surface area contributed by atoms with Crippen LogP contribution in [0.3, 0.4) is 0 Å². The molecule has 1 aliphatic heterocycles. The Balaban J connectivity index is 1.57. The molecule has 0 saturated carbocycles. The molecule has 0 spiro atoms. The second kappa shape index (κ2) is 11.3. The molecular weight excluding hydrogens is 456 g/mol. The summed E-state index contributed by atoms with van der Waals surface area (Å²) in [6.07, 6.45) is 3.27. The molecular formula is C29H28N2O5. The summed E-state index contributed by atoms with van der Waals surface area (Å²) in [4.78, 5) is 12.6. The summed E-state index contributed by atoms with van der Waals surface area (Å²) in [5.41, 5.74) is 8.42. The molecule has 36 heavy (non-hydrogen) atoms. The van der Waals surface area contributed by atoms with E-state index in [9.17, 15) is 10.1 Å². The second-order valence-electron chi connectivity index (χ2n) is 8.37. The fourth-order valence-corrected chi connectivity index (χ4v) is 4.06. The first-order valence-corrected chi connectivity index (χ1v) is 11.8. The summed E-state index contributed by atoms with van der Waals surface area (Å²) in [7, 11) is 1.53. The van der Waals surface area contributed by atoms with Crippen LogP contribution in [0.1, 0.15) is 53.6 Å². The van der Waals surface area contributed by atoms with E-state index in [0.717, 1.165) is 36.1 Å². The van der Waals surface area contributed by atoms with Gasteiger partial charge in [-0.3, -0.25) is 0 Å². The molecule has 3 aromatic carbocycles. The minimum Gasteiger partial charge on any atom is -0.497 e. The van der Waals surface area contributed by atoms with Crippen LogP contribution >= 0.6 is 0 Å². The number of methoxy groups -OCH3 is 1. The maximum atomic E-state index is 12.6. The molecule has 1 heterocycles. The maximum Gasteiger partial charge on any atom is 0.343 e. The van der Waals surface area contributed by atoms with Crippen molar-refractivity contribution in [1.82, 2.24) is 0 Å². The third kappa shape index (κ3) is 5.44. The molecule has 0 fully saturated rings. The predicted molar refractivity (Wildman–Crippen MR) is 135 cm³/mol. The molecule has 7 heteroatoms. The van der Waals surface area contributed by atoms with E-state index >= 15 is 0 Å². The number of nitriles is 1. The zero-order valence-electron chi connectivity index (χ0n) is 20.3. The van der Waals surface area contributed by atoms with E-state index < -0.39 is 11.9 Å². The average Bonchev–Trinajstić information content (AvgIpc) is 2.90. The van der Waals surface area contributed by atoms with Crippen LogP contribution in [0, 0.1) is 11.3 Å². The number of benzene rings is 3. The topological polar surface area (TPSA) is 104 Å². The Morgan fingerprint density at radius 2 is 1.81 bits per heavy atom. The first-order chi connectivity index (χ1) is 17.5. The van der Waals surface area contributed by atoms with Crippen LogP contribution < -0.4 is 24.7 Å². The number of hydrogen-bond donors (Lipinski definition) is 1. The lowest BCUT2D eigenvalue weighted by atomic mass is 9.83. The van der Waals surface area contributed by atoms with Crippen molar-refractivity contribution in [2.24, 2.45) is 5.73 Å². The lowest BCUT2D eigenvalue weighted by molar-refractivity contribution is 0.0734. The van der Waals surface area contributed by atoms with Crippen molar-refractivity contribution >= 4 is 5.97 Å². The number of hydrogen-bond acceptors (Lipinski definition) is 7. The molecule has 0 aromatic heterocycles. The van der Waals surface area contributed by atoms with Crippen molar-refractivity contribution in [1.29, 1.82) is 5.26 Å². The SMILES string of the molecule is CCCCCOc1ccc(C2C(C#N)=C(N)Oc3cc(OC(=O)c4cccc(OC)c4)ccc32)cc1. The molecule has 2 N–H and O–H groups in total. The summed E-state index contributed by atoms with van der Waals surface area (Å²) in [6.45, 7) is 2.82. The van der Waals surface area contributed by atoms with Gasteiger partial charge in [0.25, 0.3) is 0 Å². The van der Waals surface area contributed by atoms with Gasteiger partial charge in [0.05, 0.1) is 25.2 Å². The molecule has 1 unspecified atom stereocenters. The number of allylic oxidation sites excluding steroid dienone is 1.